The van der Waals surface area contributed by atoms with Gasteiger partial charge in [0.1, 0.15) is 5.82 Å². The molecule has 1 aromatic carbocycles. The lowest BCUT2D eigenvalue weighted by Crippen LogP contribution is -2.18. The zero-order valence-electron chi connectivity index (χ0n) is 13.5. The van der Waals surface area contributed by atoms with Gasteiger partial charge >= 0.3 is 0 Å². The molecule has 0 radical (unpaired) electrons. The Labute approximate surface area is 126 Å². The predicted molar refractivity (Wildman–Crippen MR) is 84.5 cm³/mol. The van der Waals surface area contributed by atoms with Crippen molar-refractivity contribution in [2.45, 2.75) is 34.1 Å². The van der Waals surface area contributed by atoms with Gasteiger partial charge in [-0.25, -0.2) is 9.07 Å². The Kier molecular flexibility index (Phi) is 4.78. The fraction of sp³-hybridized carbons (Fsp3) is 0.471. The molecule has 114 valence electrons. The Balaban J connectivity index is 2.38. The third kappa shape index (κ3) is 3.32. The highest BCUT2D eigenvalue weighted by Crippen LogP contribution is 2.23. The molecular formula is C17H24FN3. The molecule has 0 aliphatic carbocycles. The van der Waals surface area contributed by atoms with Crippen LogP contribution in [0, 0.1) is 32.5 Å². The average Bonchev–Trinajstić information content (AvgIpc) is 2.67. The molecule has 0 amide bonds. The fourth-order valence-corrected chi connectivity index (χ4v) is 2.83. The van der Waals surface area contributed by atoms with Crippen LogP contribution in [0.1, 0.15) is 29.4 Å². The third-order valence-corrected chi connectivity index (χ3v) is 3.93. The Bertz CT molecular complexity index is 631. The van der Waals surface area contributed by atoms with Crippen molar-refractivity contribution in [2.24, 2.45) is 5.92 Å². The average molecular weight is 289 g/mol. The minimum Gasteiger partial charge on any atom is -0.319 e. The van der Waals surface area contributed by atoms with Crippen LogP contribution in [-0.2, 0) is 6.42 Å². The highest BCUT2D eigenvalue weighted by molar-refractivity contribution is 5.43. The van der Waals surface area contributed by atoms with Crippen molar-refractivity contribution >= 4 is 0 Å². The zero-order chi connectivity index (χ0) is 15.6. The van der Waals surface area contributed by atoms with E-state index in [0.717, 1.165) is 35.6 Å². The standard InChI is InChI=1S/C17H24FN3/c1-11(10-19-5)8-16-13(3)20-21(14(16)4)17-7-6-15(18)9-12(17)2/h6-7,9,11,19H,8,10H2,1-5H3. The monoisotopic (exact) mass is 289 g/mol. The molecule has 0 spiro atoms. The number of rotatable bonds is 5. The molecule has 3 nitrogen and oxygen atoms in total. The quantitative estimate of drug-likeness (QED) is 0.915. The Morgan fingerprint density at radius 2 is 2.00 bits per heavy atom. The van der Waals surface area contributed by atoms with E-state index in [-0.39, 0.29) is 5.82 Å². The molecule has 0 bridgehead atoms. The van der Waals surface area contributed by atoms with E-state index in [1.807, 2.05) is 25.6 Å². The Morgan fingerprint density at radius 1 is 1.29 bits per heavy atom. The number of benzene rings is 1. The molecule has 0 saturated carbocycles. The number of nitrogens with one attached hydrogen (secondary N) is 1. The first-order chi connectivity index (χ1) is 9.93. The molecular weight excluding hydrogens is 265 g/mol. The molecule has 2 aromatic rings. The summed E-state index contributed by atoms with van der Waals surface area (Å²) < 4.78 is 15.2. The van der Waals surface area contributed by atoms with Crippen LogP contribution in [0.3, 0.4) is 0 Å². The van der Waals surface area contributed by atoms with Gasteiger partial charge in [-0.05, 0) is 76.0 Å². The van der Waals surface area contributed by atoms with Gasteiger partial charge in [0.05, 0.1) is 11.4 Å². The van der Waals surface area contributed by atoms with E-state index in [0.29, 0.717) is 5.92 Å². The maximum Gasteiger partial charge on any atom is 0.123 e. The van der Waals surface area contributed by atoms with E-state index in [4.69, 9.17) is 0 Å². The number of aromatic nitrogens is 2. The zero-order valence-corrected chi connectivity index (χ0v) is 13.5. The maximum absolute atomic E-state index is 13.3. The molecule has 1 unspecified atom stereocenters. The molecule has 0 aliphatic heterocycles. The van der Waals surface area contributed by atoms with E-state index < -0.39 is 0 Å². The molecule has 0 aliphatic rings. The summed E-state index contributed by atoms with van der Waals surface area (Å²) in [6.07, 6.45) is 0.999. The van der Waals surface area contributed by atoms with Crippen molar-refractivity contribution in [3.05, 3.63) is 46.5 Å². The summed E-state index contributed by atoms with van der Waals surface area (Å²) in [6, 6.07) is 4.84. The summed E-state index contributed by atoms with van der Waals surface area (Å²) in [6.45, 7) is 9.27. The molecule has 0 fully saturated rings. The minimum absolute atomic E-state index is 0.208. The van der Waals surface area contributed by atoms with Crippen LogP contribution < -0.4 is 5.32 Å². The van der Waals surface area contributed by atoms with Crippen LogP contribution in [0.15, 0.2) is 18.2 Å². The first kappa shape index (κ1) is 15.7. The van der Waals surface area contributed by atoms with Gasteiger partial charge in [-0.2, -0.15) is 5.10 Å². The number of hydrogen-bond donors (Lipinski definition) is 1. The van der Waals surface area contributed by atoms with E-state index in [1.54, 1.807) is 12.1 Å². The van der Waals surface area contributed by atoms with Gasteiger partial charge in [0.15, 0.2) is 0 Å². The molecule has 1 heterocycles. The van der Waals surface area contributed by atoms with Gasteiger partial charge in [-0.15, -0.1) is 0 Å². The van der Waals surface area contributed by atoms with Crippen LogP contribution in [-0.4, -0.2) is 23.4 Å². The predicted octanol–water partition coefficient (Wildman–Crippen LogP) is 3.33. The Morgan fingerprint density at radius 3 is 2.62 bits per heavy atom. The largest absolute Gasteiger partial charge is 0.319 e. The second-order valence-corrected chi connectivity index (χ2v) is 5.86. The lowest BCUT2D eigenvalue weighted by Gasteiger charge is -2.12. The topological polar surface area (TPSA) is 29.9 Å². The van der Waals surface area contributed by atoms with Crippen LogP contribution in [0.25, 0.3) is 5.69 Å². The summed E-state index contributed by atoms with van der Waals surface area (Å²) in [7, 11) is 1.97. The first-order valence-corrected chi connectivity index (χ1v) is 7.40. The molecule has 21 heavy (non-hydrogen) atoms. The summed E-state index contributed by atoms with van der Waals surface area (Å²) in [4.78, 5) is 0. The van der Waals surface area contributed by atoms with E-state index in [2.05, 4.69) is 24.3 Å². The van der Waals surface area contributed by atoms with E-state index in [9.17, 15) is 4.39 Å². The first-order valence-electron chi connectivity index (χ1n) is 7.40. The summed E-state index contributed by atoms with van der Waals surface area (Å²) in [5.74, 6) is 0.347. The molecule has 0 saturated heterocycles. The summed E-state index contributed by atoms with van der Waals surface area (Å²) >= 11 is 0. The highest BCUT2D eigenvalue weighted by Gasteiger charge is 2.16. The SMILES string of the molecule is CNCC(C)Cc1c(C)nn(-c2ccc(F)cc2C)c1C. The Hall–Kier alpha value is -1.68. The van der Waals surface area contributed by atoms with Crippen molar-refractivity contribution in [2.75, 3.05) is 13.6 Å². The van der Waals surface area contributed by atoms with Gasteiger partial charge in [0.25, 0.3) is 0 Å². The van der Waals surface area contributed by atoms with Crippen LogP contribution in [0.4, 0.5) is 4.39 Å². The van der Waals surface area contributed by atoms with Gasteiger partial charge in [-0.1, -0.05) is 6.92 Å². The minimum atomic E-state index is -0.208. The molecule has 4 heteroatoms. The van der Waals surface area contributed by atoms with Crippen molar-refractivity contribution in [1.82, 2.24) is 15.1 Å². The number of hydrogen-bond acceptors (Lipinski definition) is 2. The van der Waals surface area contributed by atoms with Crippen molar-refractivity contribution in [3.8, 4) is 5.69 Å². The van der Waals surface area contributed by atoms with E-state index >= 15 is 0 Å². The maximum atomic E-state index is 13.3. The van der Waals surface area contributed by atoms with Crippen molar-refractivity contribution < 1.29 is 4.39 Å². The highest BCUT2D eigenvalue weighted by atomic mass is 19.1. The van der Waals surface area contributed by atoms with Crippen LogP contribution >= 0.6 is 0 Å². The number of halogens is 1. The third-order valence-electron chi connectivity index (χ3n) is 3.93. The summed E-state index contributed by atoms with van der Waals surface area (Å²) in [5, 5.41) is 7.87. The van der Waals surface area contributed by atoms with Crippen molar-refractivity contribution in [1.29, 1.82) is 0 Å². The van der Waals surface area contributed by atoms with Crippen molar-refractivity contribution in [3.63, 3.8) is 0 Å². The van der Waals surface area contributed by atoms with Crippen LogP contribution in [0.2, 0.25) is 0 Å². The normalized spacial score (nSPS) is 12.7. The lowest BCUT2D eigenvalue weighted by atomic mass is 9.99. The van der Waals surface area contributed by atoms with Gasteiger partial charge in [0, 0.05) is 5.69 Å². The van der Waals surface area contributed by atoms with Gasteiger partial charge < -0.3 is 5.32 Å². The molecule has 1 N–H and O–H groups in total. The number of aryl methyl sites for hydroxylation is 2. The molecule has 2 rings (SSSR count). The van der Waals surface area contributed by atoms with Crippen LogP contribution in [0.5, 0.6) is 0 Å². The second kappa shape index (κ2) is 6.39. The molecule has 1 aromatic heterocycles. The van der Waals surface area contributed by atoms with Gasteiger partial charge in [-0.3, -0.25) is 0 Å². The van der Waals surface area contributed by atoms with E-state index in [1.165, 1.54) is 11.6 Å². The smallest absolute Gasteiger partial charge is 0.123 e. The van der Waals surface area contributed by atoms with Gasteiger partial charge in [0.2, 0.25) is 0 Å². The molecule has 1 atom stereocenters. The fourth-order valence-electron chi connectivity index (χ4n) is 2.83. The number of nitrogens with zero attached hydrogens (tertiary/aromatic N) is 2. The summed E-state index contributed by atoms with van der Waals surface area (Å²) in [5.41, 5.74) is 5.34. The lowest BCUT2D eigenvalue weighted by molar-refractivity contribution is 0.539. The second-order valence-electron chi connectivity index (χ2n) is 5.86.